The van der Waals surface area contributed by atoms with E-state index < -0.39 is 5.92 Å². The van der Waals surface area contributed by atoms with Crippen LogP contribution in [0.1, 0.15) is 37.8 Å². The quantitative estimate of drug-likeness (QED) is 0.819. The maximum absolute atomic E-state index is 13.3. The van der Waals surface area contributed by atoms with Gasteiger partial charge < -0.3 is 5.73 Å². The van der Waals surface area contributed by atoms with Gasteiger partial charge in [-0.15, -0.1) is 0 Å². The van der Waals surface area contributed by atoms with Gasteiger partial charge in [-0.25, -0.2) is 8.78 Å². The second kappa shape index (κ2) is 5.39. The first kappa shape index (κ1) is 13.1. The molecule has 0 amide bonds. The van der Waals surface area contributed by atoms with Crippen LogP contribution in [0.5, 0.6) is 0 Å². The molecule has 1 aromatic rings. The molecule has 16 heavy (non-hydrogen) atoms. The molecule has 0 aliphatic rings. The Bertz CT molecular complexity index is 317. The van der Waals surface area contributed by atoms with Crippen molar-refractivity contribution in [1.29, 1.82) is 0 Å². The molecule has 90 valence electrons. The Morgan fingerprint density at radius 2 is 1.81 bits per heavy atom. The number of aryl methyl sites for hydroxylation is 1. The summed E-state index contributed by atoms with van der Waals surface area (Å²) in [6.45, 7) is 3.43. The minimum absolute atomic E-state index is 0.0968. The van der Waals surface area contributed by atoms with Gasteiger partial charge in [0.25, 0.3) is 5.92 Å². The summed E-state index contributed by atoms with van der Waals surface area (Å²) in [6, 6.07) is 6.71. The van der Waals surface area contributed by atoms with Gasteiger partial charge in [0.05, 0.1) is 0 Å². The van der Waals surface area contributed by atoms with Crippen molar-refractivity contribution in [2.24, 2.45) is 5.73 Å². The highest BCUT2D eigenvalue weighted by atomic mass is 19.3. The highest BCUT2D eigenvalue weighted by molar-refractivity contribution is 5.25. The van der Waals surface area contributed by atoms with Crippen LogP contribution in [0.2, 0.25) is 0 Å². The molecular formula is C13H19F2N. The predicted octanol–water partition coefficient (Wildman–Crippen LogP) is 3.47. The first-order valence-electron chi connectivity index (χ1n) is 5.68. The van der Waals surface area contributed by atoms with Crippen LogP contribution in [-0.4, -0.2) is 6.04 Å². The molecule has 0 bridgehead atoms. The third-order valence-electron chi connectivity index (χ3n) is 2.71. The van der Waals surface area contributed by atoms with Gasteiger partial charge >= 0.3 is 0 Å². The van der Waals surface area contributed by atoms with Gasteiger partial charge in [0, 0.05) is 18.0 Å². The molecule has 0 aliphatic carbocycles. The van der Waals surface area contributed by atoms with Crippen LogP contribution in [-0.2, 0) is 12.3 Å². The van der Waals surface area contributed by atoms with Crippen molar-refractivity contribution < 1.29 is 8.78 Å². The van der Waals surface area contributed by atoms with Crippen LogP contribution in [0.25, 0.3) is 0 Å². The molecule has 0 saturated carbocycles. The molecule has 0 heterocycles. The number of nitrogens with two attached hydrogens (primary N) is 1. The van der Waals surface area contributed by atoms with Gasteiger partial charge in [-0.2, -0.15) is 0 Å². The number of hydrogen-bond donors (Lipinski definition) is 1. The van der Waals surface area contributed by atoms with E-state index in [0.717, 1.165) is 18.4 Å². The van der Waals surface area contributed by atoms with Crippen LogP contribution >= 0.6 is 0 Å². The van der Waals surface area contributed by atoms with Crippen molar-refractivity contribution in [1.82, 2.24) is 0 Å². The Hall–Kier alpha value is -0.960. The first-order valence-corrected chi connectivity index (χ1v) is 5.68. The van der Waals surface area contributed by atoms with E-state index in [1.807, 2.05) is 6.92 Å². The van der Waals surface area contributed by atoms with E-state index >= 15 is 0 Å². The molecule has 1 unspecified atom stereocenters. The third-order valence-corrected chi connectivity index (χ3v) is 2.71. The summed E-state index contributed by atoms with van der Waals surface area (Å²) in [5, 5.41) is 0. The molecule has 3 heteroatoms. The number of benzene rings is 1. The highest BCUT2D eigenvalue weighted by Crippen LogP contribution is 2.31. The van der Waals surface area contributed by atoms with Crippen molar-refractivity contribution in [3.8, 4) is 0 Å². The predicted molar refractivity (Wildman–Crippen MR) is 62.6 cm³/mol. The van der Waals surface area contributed by atoms with E-state index in [1.54, 1.807) is 12.1 Å². The average molecular weight is 227 g/mol. The lowest BCUT2D eigenvalue weighted by Gasteiger charge is -2.14. The largest absolute Gasteiger partial charge is 0.328 e. The smallest absolute Gasteiger partial charge is 0.273 e. The van der Waals surface area contributed by atoms with E-state index in [0.29, 0.717) is 0 Å². The summed E-state index contributed by atoms with van der Waals surface area (Å²) >= 11 is 0. The van der Waals surface area contributed by atoms with E-state index in [2.05, 4.69) is 0 Å². The number of halogens is 2. The summed E-state index contributed by atoms with van der Waals surface area (Å²) in [5.74, 6) is -2.71. The molecule has 1 rings (SSSR count). The Balaban J connectivity index is 2.68. The summed E-state index contributed by atoms with van der Waals surface area (Å²) in [6.07, 6.45) is 1.56. The Morgan fingerprint density at radius 3 is 2.25 bits per heavy atom. The zero-order valence-corrected chi connectivity index (χ0v) is 9.84. The van der Waals surface area contributed by atoms with E-state index in [-0.39, 0.29) is 18.0 Å². The van der Waals surface area contributed by atoms with Crippen LogP contribution < -0.4 is 5.73 Å². The van der Waals surface area contributed by atoms with Crippen LogP contribution in [0.4, 0.5) is 8.78 Å². The summed E-state index contributed by atoms with van der Waals surface area (Å²) < 4.78 is 26.6. The summed E-state index contributed by atoms with van der Waals surface area (Å²) in [4.78, 5) is 0. The van der Waals surface area contributed by atoms with Crippen molar-refractivity contribution in [3.05, 3.63) is 35.4 Å². The molecule has 0 radical (unpaired) electrons. The maximum Gasteiger partial charge on any atom is 0.273 e. The van der Waals surface area contributed by atoms with Crippen molar-refractivity contribution in [2.45, 2.75) is 45.1 Å². The average Bonchev–Trinajstić information content (AvgIpc) is 2.27. The zero-order chi connectivity index (χ0) is 12.2. The Morgan fingerprint density at radius 1 is 1.25 bits per heavy atom. The van der Waals surface area contributed by atoms with Gasteiger partial charge in [-0.1, -0.05) is 31.2 Å². The number of rotatable bonds is 5. The molecular weight excluding hydrogens is 208 g/mol. The second-order valence-electron chi connectivity index (χ2n) is 4.27. The molecule has 0 aliphatic heterocycles. The molecule has 1 aromatic carbocycles. The highest BCUT2D eigenvalue weighted by Gasteiger charge is 2.28. The lowest BCUT2D eigenvalue weighted by atomic mass is 10.0. The number of hydrogen-bond acceptors (Lipinski definition) is 1. The fourth-order valence-electron chi connectivity index (χ4n) is 1.51. The molecule has 2 N–H and O–H groups in total. The molecule has 0 aromatic heterocycles. The van der Waals surface area contributed by atoms with Crippen LogP contribution in [0.3, 0.4) is 0 Å². The summed E-state index contributed by atoms with van der Waals surface area (Å²) in [5.41, 5.74) is 6.80. The molecule has 1 nitrogen and oxygen atoms in total. The minimum Gasteiger partial charge on any atom is -0.328 e. The minimum atomic E-state index is -2.71. The molecule has 0 spiro atoms. The first-order chi connectivity index (χ1) is 7.45. The monoisotopic (exact) mass is 227 g/mol. The SMILES string of the molecule is CCC(F)(F)c1ccc(CCC(C)N)cc1. The van der Waals surface area contributed by atoms with Gasteiger partial charge in [0.15, 0.2) is 0 Å². The molecule has 0 fully saturated rings. The van der Waals surface area contributed by atoms with Crippen LogP contribution in [0.15, 0.2) is 24.3 Å². The fourth-order valence-corrected chi connectivity index (χ4v) is 1.51. The van der Waals surface area contributed by atoms with Gasteiger partial charge in [0.1, 0.15) is 0 Å². The van der Waals surface area contributed by atoms with Crippen LogP contribution in [0, 0.1) is 0 Å². The Kier molecular flexibility index (Phi) is 4.42. The van der Waals surface area contributed by atoms with Gasteiger partial charge in [0.2, 0.25) is 0 Å². The van der Waals surface area contributed by atoms with Crippen molar-refractivity contribution in [3.63, 3.8) is 0 Å². The van der Waals surface area contributed by atoms with E-state index in [1.165, 1.54) is 19.1 Å². The zero-order valence-electron chi connectivity index (χ0n) is 9.84. The van der Waals surface area contributed by atoms with Gasteiger partial charge in [-0.3, -0.25) is 0 Å². The molecule has 0 saturated heterocycles. The molecule has 1 atom stereocenters. The van der Waals surface area contributed by atoms with E-state index in [4.69, 9.17) is 5.73 Å². The topological polar surface area (TPSA) is 26.0 Å². The Labute approximate surface area is 95.7 Å². The lowest BCUT2D eigenvalue weighted by Crippen LogP contribution is -2.15. The van der Waals surface area contributed by atoms with Crippen molar-refractivity contribution in [2.75, 3.05) is 0 Å². The van der Waals surface area contributed by atoms with Gasteiger partial charge in [-0.05, 0) is 25.3 Å². The normalized spacial score (nSPS) is 13.8. The third kappa shape index (κ3) is 3.56. The summed E-state index contributed by atoms with van der Waals surface area (Å²) in [7, 11) is 0. The maximum atomic E-state index is 13.3. The standard InChI is InChI=1S/C13H19F2N/c1-3-13(14,15)12-8-6-11(7-9-12)5-4-10(2)16/h6-10H,3-5,16H2,1-2H3. The second-order valence-corrected chi connectivity index (χ2v) is 4.27. The van der Waals surface area contributed by atoms with Crippen molar-refractivity contribution >= 4 is 0 Å². The lowest BCUT2D eigenvalue weighted by molar-refractivity contribution is -0.00829. The van der Waals surface area contributed by atoms with E-state index in [9.17, 15) is 8.78 Å². The fraction of sp³-hybridized carbons (Fsp3) is 0.538. The number of alkyl halides is 2.